The van der Waals surface area contributed by atoms with E-state index in [1.54, 1.807) is 11.8 Å². The zero-order valence-corrected chi connectivity index (χ0v) is 11.4. The van der Waals surface area contributed by atoms with E-state index >= 15 is 0 Å². The number of nitrogens with zero attached hydrogens (tertiary/aromatic N) is 1. The number of hydrogen-bond acceptors (Lipinski definition) is 2. The van der Waals surface area contributed by atoms with Crippen LogP contribution >= 0.6 is 0 Å². The summed E-state index contributed by atoms with van der Waals surface area (Å²) in [6.07, 6.45) is 8.20. The molecule has 1 saturated heterocycles. The molecule has 1 heterocycles. The molecule has 0 aromatic rings. The summed E-state index contributed by atoms with van der Waals surface area (Å²) in [5.41, 5.74) is -0.676. The van der Waals surface area contributed by atoms with Gasteiger partial charge in [-0.2, -0.15) is 0 Å². The van der Waals surface area contributed by atoms with Gasteiger partial charge in [0, 0.05) is 19.1 Å². The van der Waals surface area contributed by atoms with E-state index in [4.69, 9.17) is 5.11 Å². The summed E-state index contributed by atoms with van der Waals surface area (Å²) in [6.45, 7) is 2.81. The number of rotatable bonds is 2. The summed E-state index contributed by atoms with van der Waals surface area (Å²) in [5, 5.41) is 12.2. The number of carboxylic acid groups (broad SMARTS) is 1. The maximum Gasteiger partial charge on any atom is 0.317 e. The molecule has 2 rings (SSSR count). The summed E-state index contributed by atoms with van der Waals surface area (Å²) in [6, 6.07) is 0.179. The highest BCUT2D eigenvalue weighted by atomic mass is 16.4. The first-order valence-corrected chi connectivity index (χ1v) is 6.95. The van der Waals surface area contributed by atoms with Crippen LogP contribution in [0.1, 0.15) is 39.0 Å². The molecule has 0 bridgehead atoms. The Morgan fingerprint density at radius 2 is 2.00 bits per heavy atom. The van der Waals surface area contributed by atoms with E-state index in [2.05, 4.69) is 17.5 Å². The third-order valence-corrected chi connectivity index (χ3v) is 4.27. The summed E-state index contributed by atoms with van der Waals surface area (Å²) < 4.78 is 0. The Hall–Kier alpha value is -1.52. The first kappa shape index (κ1) is 13.9. The zero-order valence-electron chi connectivity index (χ0n) is 11.4. The number of carboxylic acids is 1. The van der Waals surface area contributed by atoms with Crippen LogP contribution in [0.3, 0.4) is 0 Å². The number of allylic oxidation sites excluding steroid dienone is 1. The molecule has 1 aliphatic carbocycles. The highest BCUT2D eigenvalue weighted by Crippen LogP contribution is 2.31. The Bertz CT molecular complexity index is 384. The number of urea groups is 1. The van der Waals surface area contributed by atoms with Gasteiger partial charge in [0.1, 0.15) is 0 Å². The highest BCUT2D eigenvalue weighted by molar-refractivity contribution is 5.77. The van der Waals surface area contributed by atoms with Crippen LogP contribution in [0, 0.1) is 5.41 Å². The molecule has 2 amide bonds. The number of carbonyl (C=O) groups excluding carboxylic acids is 1. The maximum absolute atomic E-state index is 12.1. The van der Waals surface area contributed by atoms with E-state index in [-0.39, 0.29) is 12.1 Å². The predicted molar refractivity (Wildman–Crippen MR) is 71.9 cm³/mol. The van der Waals surface area contributed by atoms with Crippen molar-refractivity contribution in [2.24, 2.45) is 5.41 Å². The monoisotopic (exact) mass is 266 g/mol. The first-order chi connectivity index (χ1) is 9.01. The normalized spacial score (nSPS) is 25.9. The van der Waals surface area contributed by atoms with Crippen LogP contribution in [-0.4, -0.2) is 41.1 Å². The minimum absolute atomic E-state index is 0.0484. The lowest BCUT2D eigenvalue weighted by Gasteiger charge is -2.37. The molecule has 1 fully saturated rings. The number of amides is 2. The van der Waals surface area contributed by atoms with Crippen LogP contribution in [0.2, 0.25) is 0 Å². The summed E-state index contributed by atoms with van der Waals surface area (Å²) in [5.74, 6) is -0.759. The maximum atomic E-state index is 12.1. The second-order valence-electron chi connectivity index (χ2n) is 5.78. The van der Waals surface area contributed by atoms with Gasteiger partial charge in [0.2, 0.25) is 0 Å². The second-order valence-corrected chi connectivity index (χ2v) is 5.78. The minimum Gasteiger partial charge on any atom is -0.481 e. The van der Waals surface area contributed by atoms with Gasteiger partial charge in [-0.15, -0.1) is 0 Å². The van der Waals surface area contributed by atoms with Gasteiger partial charge in [0.15, 0.2) is 0 Å². The van der Waals surface area contributed by atoms with Gasteiger partial charge >= 0.3 is 12.0 Å². The van der Waals surface area contributed by atoms with Gasteiger partial charge in [-0.3, -0.25) is 4.79 Å². The molecular formula is C14H22N2O3. The second kappa shape index (κ2) is 5.63. The van der Waals surface area contributed by atoms with E-state index in [1.807, 2.05) is 0 Å². The molecule has 2 N–H and O–H groups in total. The molecule has 0 saturated carbocycles. The SMILES string of the molecule is CC1(C(=O)O)CCN(C(=O)NC2CC=CCC2)CC1. The molecular weight excluding hydrogens is 244 g/mol. The molecule has 1 unspecified atom stereocenters. The molecule has 2 aliphatic rings. The van der Waals surface area contributed by atoms with Crippen molar-refractivity contribution in [3.63, 3.8) is 0 Å². The number of nitrogens with one attached hydrogen (secondary N) is 1. The van der Waals surface area contributed by atoms with Crippen molar-refractivity contribution in [1.82, 2.24) is 10.2 Å². The Kier molecular flexibility index (Phi) is 4.12. The van der Waals surface area contributed by atoms with Crippen LogP contribution in [-0.2, 0) is 4.79 Å². The molecule has 106 valence electrons. The third kappa shape index (κ3) is 3.28. The number of likely N-dealkylation sites (tertiary alicyclic amines) is 1. The highest BCUT2D eigenvalue weighted by Gasteiger charge is 2.38. The minimum atomic E-state index is -0.759. The van der Waals surface area contributed by atoms with Crippen molar-refractivity contribution in [3.8, 4) is 0 Å². The average molecular weight is 266 g/mol. The van der Waals surface area contributed by atoms with Crippen molar-refractivity contribution in [3.05, 3.63) is 12.2 Å². The molecule has 0 aromatic carbocycles. The summed E-state index contributed by atoms with van der Waals surface area (Å²) >= 11 is 0. The van der Waals surface area contributed by atoms with Gasteiger partial charge in [-0.1, -0.05) is 12.2 Å². The fraction of sp³-hybridized carbons (Fsp3) is 0.714. The van der Waals surface area contributed by atoms with Crippen LogP contribution in [0.15, 0.2) is 12.2 Å². The van der Waals surface area contributed by atoms with Crippen molar-refractivity contribution in [2.75, 3.05) is 13.1 Å². The van der Waals surface area contributed by atoms with Gasteiger partial charge in [-0.05, 0) is 39.0 Å². The topological polar surface area (TPSA) is 69.6 Å². The lowest BCUT2D eigenvalue weighted by atomic mass is 9.80. The van der Waals surface area contributed by atoms with Crippen LogP contribution in [0.5, 0.6) is 0 Å². The van der Waals surface area contributed by atoms with Crippen LogP contribution < -0.4 is 5.32 Å². The standard InChI is InChI=1S/C14H22N2O3/c1-14(12(17)18)7-9-16(10-8-14)13(19)15-11-5-3-2-4-6-11/h2-3,11H,4-10H2,1H3,(H,15,19)(H,17,18). The molecule has 0 aromatic heterocycles. The smallest absolute Gasteiger partial charge is 0.317 e. The third-order valence-electron chi connectivity index (χ3n) is 4.27. The van der Waals surface area contributed by atoms with Crippen LogP contribution in [0.25, 0.3) is 0 Å². The zero-order chi connectivity index (χ0) is 13.9. The Balaban J connectivity index is 1.82. The van der Waals surface area contributed by atoms with Gasteiger partial charge in [-0.25, -0.2) is 4.79 Å². The molecule has 1 atom stereocenters. The van der Waals surface area contributed by atoms with E-state index < -0.39 is 11.4 Å². The van der Waals surface area contributed by atoms with E-state index in [0.29, 0.717) is 25.9 Å². The van der Waals surface area contributed by atoms with Gasteiger partial charge in [0.25, 0.3) is 0 Å². The first-order valence-electron chi connectivity index (χ1n) is 6.95. The average Bonchev–Trinajstić information content (AvgIpc) is 2.40. The number of carbonyl (C=O) groups is 2. The van der Waals surface area contributed by atoms with Crippen molar-refractivity contribution >= 4 is 12.0 Å². The fourth-order valence-electron chi connectivity index (χ4n) is 2.61. The Labute approximate surface area is 113 Å². The molecule has 5 nitrogen and oxygen atoms in total. The molecule has 0 spiro atoms. The number of hydrogen-bond donors (Lipinski definition) is 2. The largest absolute Gasteiger partial charge is 0.481 e. The lowest BCUT2D eigenvalue weighted by Crippen LogP contribution is -2.50. The summed E-state index contributed by atoms with van der Waals surface area (Å²) in [7, 11) is 0. The van der Waals surface area contributed by atoms with Crippen molar-refractivity contribution in [1.29, 1.82) is 0 Å². The van der Waals surface area contributed by atoms with Crippen molar-refractivity contribution in [2.45, 2.75) is 45.1 Å². The fourth-order valence-corrected chi connectivity index (χ4v) is 2.61. The van der Waals surface area contributed by atoms with Crippen LogP contribution in [0.4, 0.5) is 4.79 Å². The van der Waals surface area contributed by atoms with Gasteiger partial charge < -0.3 is 15.3 Å². The molecule has 1 aliphatic heterocycles. The number of piperidine rings is 1. The summed E-state index contributed by atoms with van der Waals surface area (Å²) in [4.78, 5) is 25.0. The Morgan fingerprint density at radius 1 is 1.32 bits per heavy atom. The lowest BCUT2D eigenvalue weighted by molar-refractivity contribution is -0.150. The molecule has 19 heavy (non-hydrogen) atoms. The number of aliphatic carboxylic acids is 1. The van der Waals surface area contributed by atoms with E-state index in [0.717, 1.165) is 19.3 Å². The molecule has 5 heteroatoms. The Morgan fingerprint density at radius 3 is 2.53 bits per heavy atom. The predicted octanol–water partition coefficient (Wildman–Crippen LogP) is 1.99. The quantitative estimate of drug-likeness (QED) is 0.751. The van der Waals surface area contributed by atoms with Gasteiger partial charge in [0.05, 0.1) is 5.41 Å². The van der Waals surface area contributed by atoms with E-state index in [1.165, 1.54) is 0 Å². The van der Waals surface area contributed by atoms with Crippen molar-refractivity contribution < 1.29 is 14.7 Å². The van der Waals surface area contributed by atoms with E-state index in [9.17, 15) is 9.59 Å². The molecule has 0 radical (unpaired) electrons.